The van der Waals surface area contributed by atoms with Gasteiger partial charge in [-0.1, -0.05) is 37.6 Å². The van der Waals surface area contributed by atoms with Crippen LogP contribution in [0.1, 0.15) is 18.5 Å². The Bertz CT molecular complexity index is 1600. The number of H-pyrrole nitrogens is 1. The molecule has 4 aromatic rings. The second-order valence-corrected chi connectivity index (χ2v) is 13.8. The van der Waals surface area contributed by atoms with Crippen molar-refractivity contribution in [3.63, 3.8) is 0 Å². The van der Waals surface area contributed by atoms with Crippen molar-refractivity contribution in [1.82, 2.24) is 14.5 Å². The molecule has 2 N–H and O–H groups in total. The van der Waals surface area contributed by atoms with E-state index >= 15 is 0 Å². The predicted octanol–water partition coefficient (Wildman–Crippen LogP) is 7.46. The van der Waals surface area contributed by atoms with Crippen LogP contribution in [-0.2, 0) is 10.0 Å². The minimum absolute atomic E-state index is 0.166. The molecule has 0 radical (unpaired) electrons. The van der Waals surface area contributed by atoms with Crippen LogP contribution in [0.2, 0.25) is 0 Å². The van der Waals surface area contributed by atoms with E-state index < -0.39 is 25.1 Å². The number of benzene rings is 3. The third-order valence-corrected chi connectivity index (χ3v) is 9.77. The predicted molar refractivity (Wildman–Crippen MR) is 140 cm³/mol. The lowest BCUT2D eigenvalue weighted by Crippen LogP contribution is -2.42. The minimum atomic E-state index is -9.72. The van der Waals surface area contributed by atoms with E-state index in [-0.39, 0.29) is 29.7 Å². The number of fused-ring (bicyclic) bond motifs is 1. The third kappa shape index (κ3) is 5.36. The van der Waals surface area contributed by atoms with Crippen LogP contribution in [0.5, 0.6) is 0 Å². The first-order chi connectivity index (χ1) is 17.6. The lowest BCUT2D eigenvalue weighted by Gasteiger charge is -2.40. The molecule has 0 atom stereocenters. The maximum atomic E-state index is 13.2. The molecule has 1 aromatic heterocycles. The van der Waals surface area contributed by atoms with E-state index in [0.717, 1.165) is 39.9 Å². The van der Waals surface area contributed by atoms with Gasteiger partial charge < -0.3 is 5.32 Å². The summed E-state index contributed by atoms with van der Waals surface area (Å²) in [4.78, 5) is -1.78. The van der Waals surface area contributed by atoms with Gasteiger partial charge in [0.1, 0.15) is 4.90 Å². The van der Waals surface area contributed by atoms with Crippen LogP contribution >= 0.6 is 10.2 Å². The number of halogens is 5. The van der Waals surface area contributed by atoms with E-state index in [2.05, 4.69) is 15.5 Å². The first kappa shape index (κ1) is 26.4. The summed E-state index contributed by atoms with van der Waals surface area (Å²) in [5, 5.41) is 11.2. The Kier molecular flexibility index (Phi) is 5.86. The molecule has 0 spiro atoms. The molecule has 5 rings (SSSR count). The van der Waals surface area contributed by atoms with Crippen molar-refractivity contribution in [3.8, 4) is 11.1 Å². The summed E-state index contributed by atoms with van der Waals surface area (Å²) in [6, 6.07) is 14.9. The zero-order valence-electron chi connectivity index (χ0n) is 20.2. The smallest absolute Gasteiger partial charge is 0.310 e. The fourth-order valence-corrected chi connectivity index (χ4v) is 6.69. The van der Waals surface area contributed by atoms with Gasteiger partial charge >= 0.3 is 10.2 Å². The Hall–Kier alpha value is -3.16. The zero-order chi connectivity index (χ0) is 27.4. The lowest BCUT2D eigenvalue weighted by atomic mass is 10.0. The van der Waals surface area contributed by atoms with Crippen molar-refractivity contribution in [3.05, 3.63) is 72.4 Å². The molecular formula is C25H25F5N4O2S2. The van der Waals surface area contributed by atoms with Crippen molar-refractivity contribution in [2.75, 3.05) is 18.4 Å². The maximum Gasteiger partial charge on any atom is 0.310 e. The summed E-state index contributed by atoms with van der Waals surface area (Å²) in [5.41, 5.74) is 3.86. The normalized spacial score (nSPS) is 17.7. The van der Waals surface area contributed by atoms with E-state index in [0.29, 0.717) is 25.0 Å². The van der Waals surface area contributed by atoms with E-state index in [4.69, 9.17) is 0 Å². The Morgan fingerprint density at radius 1 is 0.895 bits per heavy atom. The fraction of sp³-hybridized carbons (Fsp3) is 0.240. The highest BCUT2D eigenvalue weighted by molar-refractivity contribution is 8.45. The third-order valence-electron chi connectivity index (χ3n) is 6.69. The molecule has 13 heteroatoms. The second-order valence-electron chi connectivity index (χ2n) is 9.42. The van der Waals surface area contributed by atoms with Gasteiger partial charge in [0.05, 0.1) is 10.4 Å². The van der Waals surface area contributed by atoms with Gasteiger partial charge in [-0.3, -0.25) is 5.10 Å². The molecule has 3 aromatic carbocycles. The molecule has 1 aliphatic heterocycles. The van der Waals surface area contributed by atoms with Gasteiger partial charge in [-0.05, 0) is 79.4 Å². The van der Waals surface area contributed by atoms with E-state index in [1.807, 2.05) is 25.1 Å². The molecule has 0 saturated carbocycles. The Morgan fingerprint density at radius 3 is 2.11 bits per heavy atom. The summed E-state index contributed by atoms with van der Waals surface area (Å²) in [7, 11) is -13.5. The average molecular weight is 573 g/mol. The minimum Gasteiger partial charge on any atom is -0.382 e. The number of aryl methyl sites for hydroxylation is 1. The molecular weight excluding hydrogens is 547 g/mol. The van der Waals surface area contributed by atoms with Gasteiger partial charge in [0, 0.05) is 35.9 Å². The molecule has 0 aliphatic carbocycles. The number of rotatable bonds is 6. The number of sulfonamides is 1. The Balaban J connectivity index is 1.23. The number of nitrogens with one attached hydrogen (secondary N) is 2. The highest BCUT2D eigenvalue weighted by Gasteiger charge is 2.65. The van der Waals surface area contributed by atoms with Gasteiger partial charge in [0.2, 0.25) is 10.0 Å². The average Bonchev–Trinajstić information content (AvgIpc) is 3.23. The van der Waals surface area contributed by atoms with Crippen LogP contribution in [0, 0.1) is 6.92 Å². The summed E-state index contributed by atoms with van der Waals surface area (Å²) < 4.78 is 92.3. The number of nitrogens with zero attached hydrogens (tertiary/aromatic N) is 2. The molecule has 0 amide bonds. The lowest BCUT2D eigenvalue weighted by molar-refractivity contribution is 0.330. The highest BCUT2D eigenvalue weighted by Crippen LogP contribution is 3.02. The SMILES string of the molecule is Cc1[nH]nc2ccc(-c3ccc(S(=O)(=O)N4CCC(Nc5ccc(S(F)(F)(F)(F)F)cc5)CC4)cc3)cc12. The number of aromatic amines is 1. The Morgan fingerprint density at radius 2 is 1.50 bits per heavy atom. The van der Waals surface area contributed by atoms with Crippen LogP contribution in [0.15, 0.2) is 76.5 Å². The van der Waals surface area contributed by atoms with Crippen molar-refractivity contribution in [1.29, 1.82) is 0 Å². The molecule has 204 valence electrons. The molecule has 1 aliphatic rings. The van der Waals surface area contributed by atoms with Gasteiger partial charge in [-0.2, -0.15) is 9.40 Å². The standard InChI is InChI=1S/C25H25F5N4O2S2/c1-17-24-16-19(4-11-25(24)33-32-17)18-2-7-22(8-3-18)37(35,36)34-14-12-21(13-15-34)31-20-5-9-23(10-6-20)38(26,27,28,29)30/h2-11,16,21,31H,12-15H2,1H3,(H,32,33). The number of hydrogen-bond acceptors (Lipinski definition) is 4. The first-order valence-corrected chi connectivity index (χ1v) is 15.2. The van der Waals surface area contributed by atoms with Crippen LogP contribution < -0.4 is 5.32 Å². The van der Waals surface area contributed by atoms with Crippen LogP contribution in [0.25, 0.3) is 22.0 Å². The van der Waals surface area contributed by atoms with Gasteiger partial charge in [-0.25, -0.2) is 8.42 Å². The van der Waals surface area contributed by atoms with E-state index in [9.17, 15) is 27.8 Å². The zero-order valence-corrected chi connectivity index (χ0v) is 21.8. The number of piperidine rings is 1. The fourth-order valence-electron chi connectivity index (χ4n) is 4.57. The Labute approximate surface area is 216 Å². The molecule has 1 saturated heterocycles. The molecule has 1 fully saturated rings. The summed E-state index contributed by atoms with van der Waals surface area (Å²) >= 11 is 0. The van der Waals surface area contributed by atoms with Crippen LogP contribution in [-0.4, -0.2) is 42.1 Å². The van der Waals surface area contributed by atoms with E-state index in [1.54, 1.807) is 24.3 Å². The summed E-state index contributed by atoms with van der Waals surface area (Å²) in [6.07, 6.45) is 0.815. The first-order valence-electron chi connectivity index (χ1n) is 11.8. The van der Waals surface area contributed by atoms with Crippen LogP contribution in [0.4, 0.5) is 25.1 Å². The van der Waals surface area contributed by atoms with E-state index in [1.165, 1.54) is 4.31 Å². The van der Waals surface area contributed by atoms with Gasteiger partial charge in [0.15, 0.2) is 0 Å². The second kappa shape index (κ2) is 8.42. The number of hydrogen-bond donors (Lipinski definition) is 2. The summed E-state index contributed by atoms with van der Waals surface area (Å²) in [5.74, 6) is 0. The molecule has 38 heavy (non-hydrogen) atoms. The van der Waals surface area contributed by atoms with Crippen molar-refractivity contribution < 1.29 is 27.8 Å². The molecule has 2 heterocycles. The number of aromatic nitrogens is 2. The molecule has 0 unspecified atom stereocenters. The van der Waals surface area contributed by atoms with Crippen molar-refractivity contribution in [2.45, 2.75) is 35.6 Å². The topological polar surface area (TPSA) is 78.1 Å². The maximum absolute atomic E-state index is 13.2. The largest absolute Gasteiger partial charge is 0.382 e. The van der Waals surface area contributed by atoms with Crippen LogP contribution in [0.3, 0.4) is 0 Å². The quantitative estimate of drug-likeness (QED) is 0.235. The summed E-state index contributed by atoms with van der Waals surface area (Å²) in [6.45, 7) is 2.35. The number of anilines is 1. The van der Waals surface area contributed by atoms with Crippen molar-refractivity contribution in [2.24, 2.45) is 0 Å². The monoisotopic (exact) mass is 572 g/mol. The van der Waals surface area contributed by atoms with Crippen molar-refractivity contribution >= 4 is 36.8 Å². The van der Waals surface area contributed by atoms with Gasteiger partial charge in [0.25, 0.3) is 0 Å². The van der Waals surface area contributed by atoms with Gasteiger partial charge in [-0.15, -0.1) is 0 Å². The molecule has 0 bridgehead atoms. The highest BCUT2D eigenvalue weighted by atomic mass is 32.5. The molecule has 6 nitrogen and oxygen atoms in total.